The molecule has 1 N–H and O–H groups in total. The second-order valence-electron chi connectivity index (χ2n) is 3.88. The van der Waals surface area contributed by atoms with E-state index in [4.69, 9.17) is 5.11 Å². The molecule has 0 radical (unpaired) electrons. The Kier molecular flexibility index (Phi) is 6.05. The zero-order valence-electron chi connectivity index (χ0n) is 9.91. The topological polar surface area (TPSA) is 37.3 Å². The van der Waals surface area contributed by atoms with E-state index < -0.39 is 11.8 Å². The van der Waals surface area contributed by atoms with Crippen LogP contribution in [0.15, 0.2) is 18.2 Å². The predicted molar refractivity (Wildman–Crippen MR) is 69.0 cm³/mol. The minimum atomic E-state index is -1.22. The Labute approximate surface area is 105 Å². The van der Waals surface area contributed by atoms with E-state index in [9.17, 15) is 9.18 Å². The van der Waals surface area contributed by atoms with Crippen molar-refractivity contribution in [1.29, 1.82) is 0 Å². The van der Waals surface area contributed by atoms with Crippen molar-refractivity contribution in [1.82, 2.24) is 0 Å². The van der Waals surface area contributed by atoms with Crippen molar-refractivity contribution >= 4 is 17.7 Å². The fourth-order valence-electron chi connectivity index (χ4n) is 1.47. The summed E-state index contributed by atoms with van der Waals surface area (Å²) in [5.74, 6) is -0.0646. The number of carbonyl (C=O) groups is 1. The highest BCUT2D eigenvalue weighted by Gasteiger charge is 2.09. The van der Waals surface area contributed by atoms with Gasteiger partial charge < -0.3 is 5.11 Å². The van der Waals surface area contributed by atoms with Gasteiger partial charge in [-0.25, -0.2) is 9.18 Å². The number of rotatable bonds is 7. The average molecular weight is 256 g/mol. The molecule has 0 atom stereocenters. The van der Waals surface area contributed by atoms with Crippen molar-refractivity contribution in [3.8, 4) is 0 Å². The fourth-order valence-corrected chi connectivity index (χ4v) is 2.43. The van der Waals surface area contributed by atoms with Crippen LogP contribution < -0.4 is 0 Å². The van der Waals surface area contributed by atoms with Crippen LogP contribution in [-0.2, 0) is 5.75 Å². The van der Waals surface area contributed by atoms with Crippen LogP contribution in [0.2, 0.25) is 0 Å². The van der Waals surface area contributed by atoms with Crippen molar-refractivity contribution in [3.63, 3.8) is 0 Å². The van der Waals surface area contributed by atoms with Crippen molar-refractivity contribution in [3.05, 3.63) is 35.1 Å². The first-order chi connectivity index (χ1) is 8.15. The monoisotopic (exact) mass is 256 g/mol. The molecule has 0 saturated carbocycles. The van der Waals surface area contributed by atoms with Crippen LogP contribution in [0.25, 0.3) is 0 Å². The Morgan fingerprint density at radius 3 is 2.76 bits per heavy atom. The molecule has 0 unspecified atom stereocenters. The summed E-state index contributed by atoms with van der Waals surface area (Å²) in [7, 11) is 0. The van der Waals surface area contributed by atoms with E-state index in [-0.39, 0.29) is 5.56 Å². The quantitative estimate of drug-likeness (QED) is 0.751. The number of hydrogen-bond acceptors (Lipinski definition) is 2. The molecule has 0 bridgehead atoms. The standard InChI is InChI=1S/C13H17FO2S/c1-2-3-4-7-17-9-10-5-6-11(13(15)16)12(14)8-10/h5-6,8H,2-4,7,9H2,1H3,(H,15,16). The summed E-state index contributed by atoms with van der Waals surface area (Å²) in [6.07, 6.45) is 3.60. The second kappa shape index (κ2) is 7.33. The molecule has 2 nitrogen and oxygen atoms in total. The SMILES string of the molecule is CCCCCSCc1ccc(C(=O)O)c(F)c1. The summed E-state index contributed by atoms with van der Waals surface area (Å²) in [6.45, 7) is 2.16. The highest BCUT2D eigenvalue weighted by Crippen LogP contribution is 2.17. The highest BCUT2D eigenvalue weighted by molar-refractivity contribution is 7.98. The van der Waals surface area contributed by atoms with Crippen LogP contribution >= 0.6 is 11.8 Å². The van der Waals surface area contributed by atoms with Crippen molar-refractivity contribution < 1.29 is 14.3 Å². The molecule has 0 fully saturated rings. The Bertz CT molecular complexity index is 380. The number of hydrogen-bond donors (Lipinski definition) is 1. The predicted octanol–water partition coefficient (Wildman–Crippen LogP) is 3.95. The maximum atomic E-state index is 13.3. The van der Waals surface area contributed by atoms with Gasteiger partial charge in [0.15, 0.2) is 0 Å². The number of carboxylic acid groups (broad SMARTS) is 1. The van der Waals surface area contributed by atoms with Crippen LogP contribution in [0.1, 0.15) is 42.1 Å². The zero-order chi connectivity index (χ0) is 12.7. The first-order valence-electron chi connectivity index (χ1n) is 5.74. The number of thioether (sulfide) groups is 1. The number of halogens is 1. The zero-order valence-corrected chi connectivity index (χ0v) is 10.7. The minimum Gasteiger partial charge on any atom is -0.478 e. The Morgan fingerprint density at radius 2 is 2.18 bits per heavy atom. The molecule has 0 heterocycles. The molecule has 1 aromatic carbocycles. The molecule has 1 rings (SSSR count). The molecule has 1 aromatic rings. The largest absolute Gasteiger partial charge is 0.478 e. The Balaban J connectivity index is 2.45. The molecular formula is C13H17FO2S. The van der Waals surface area contributed by atoms with Gasteiger partial charge >= 0.3 is 5.97 Å². The molecule has 0 aromatic heterocycles. The van der Waals surface area contributed by atoms with Crippen LogP contribution in [0.5, 0.6) is 0 Å². The van der Waals surface area contributed by atoms with Crippen LogP contribution in [-0.4, -0.2) is 16.8 Å². The lowest BCUT2D eigenvalue weighted by Gasteiger charge is -2.03. The fraction of sp³-hybridized carbons (Fsp3) is 0.462. The van der Waals surface area contributed by atoms with E-state index in [0.29, 0.717) is 0 Å². The van der Waals surface area contributed by atoms with E-state index >= 15 is 0 Å². The van der Waals surface area contributed by atoms with Gasteiger partial charge in [-0.15, -0.1) is 0 Å². The molecule has 0 aliphatic heterocycles. The molecule has 17 heavy (non-hydrogen) atoms. The molecule has 94 valence electrons. The maximum Gasteiger partial charge on any atom is 0.338 e. The molecule has 0 saturated heterocycles. The van der Waals surface area contributed by atoms with E-state index in [2.05, 4.69) is 6.92 Å². The summed E-state index contributed by atoms with van der Waals surface area (Å²) in [5, 5.41) is 8.68. The second-order valence-corrected chi connectivity index (χ2v) is 4.98. The summed E-state index contributed by atoms with van der Waals surface area (Å²) in [5.41, 5.74) is 0.582. The third-order valence-corrected chi connectivity index (χ3v) is 3.54. The molecule has 0 amide bonds. The molecule has 0 aliphatic carbocycles. The number of benzene rings is 1. The number of aromatic carboxylic acids is 1. The first-order valence-corrected chi connectivity index (χ1v) is 6.90. The third kappa shape index (κ3) is 4.77. The van der Waals surface area contributed by atoms with Crippen LogP contribution in [0.4, 0.5) is 4.39 Å². The lowest BCUT2D eigenvalue weighted by Crippen LogP contribution is -2.00. The average Bonchev–Trinajstić information content (AvgIpc) is 2.28. The molecule has 0 aliphatic rings. The summed E-state index contributed by atoms with van der Waals surface area (Å²) in [6, 6.07) is 4.33. The third-order valence-electron chi connectivity index (χ3n) is 2.42. The Hall–Kier alpha value is -1.03. The van der Waals surface area contributed by atoms with Gasteiger partial charge in [-0.05, 0) is 29.9 Å². The summed E-state index contributed by atoms with van der Waals surface area (Å²) >= 11 is 1.76. The van der Waals surface area contributed by atoms with Gasteiger partial charge in [0, 0.05) is 5.75 Å². The summed E-state index contributed by atoms with van der Waals surface area (Å²) < 4.78 is 13.3. The van der Waals surface area contributed by atoms with Gasteiger partial charge in [0.1, 0.15) is 5.82 Å². The van der Waals surface area contributed by atoms with Crippen LogP contribution in [0, 0.1) is 5.82 Å². The van der Waals surface area contributed by atoms with E-state index in [1.807, 2.05) is 0 Å². The van der Waals surface area contributed by atoms with Crippen molar-refractivity contribution in [2.24, 2.45) is 0 Å². The normalized spacial score (nSPS) is 10.5. The molecule has 4 heteroatoms. The number of carboxylic acids is 1. The van der Waals surface area contributed by atoms with Gasteiger partial charge in [-0.3, -0.25) is 0 Å². The van der Waals surface area contributed by atoms with Gasteiger partial charge in [0.05, 0.1) is 5.56 Å². The molecular weight excluding hydrogens is 239 g/mol. The van der Waals surface area contributed by atoms with E-state index in [1.54, 1.807) is 17.8 Å². The lowest BCUT2D eigenvalue weighted by molar-refractivity contribution is 0.0692. The smallest absolute Gasteiger partial charge is 0.338 e. The van der Waals surface area contributed by atoms with E-state index in [1.165, 1.54) is 31.4 Å². The minimum absolute atomic E-state index is 0.260. The van der Waals surface area contributed by atoms with Crippen molar-refractivity contribution in [2.75, 3.05) is 5.75 Å². The highest BCUT2D eigenvalue weighted by atomic mass is 32.2. The number of unbranched alkanes of at least 4 members (excludes halogenated alkanes) is 2. The maximum absolute atomic E-state index is 13.3. The van der Waals surface area contributed by atoms with Gasteiger partial charge in [-0.2, -0.15) is 11.8 Å². The van der Waals surface area contributed by atoms with Gasteiger partial charge in [-0.1, -0.05) is 25.8 Å². The lowest BCUT2D eigenvalue weighted by atomic mass is 10.1. The first kappa shape index (κ1) is 14.0. The van der Waals surface area contributed by atoms with E-state index in [0.717, 1.165) is 17.1 Å². The van der Waals surface area contributed by atoms with Crippen LogP contribution in [0.3, 0.4) is 0 Å². The summed E-state index contributed by atoms with van der Waals surface area (Å²) in [4.78, 5) is 10.6. The van der Waals surface area contributed by atoms with Gasteiger partial charge in [0.25, 0.3) is 0 Å². The Morgan fingerprint density at radius 1 is 1.41 bits per heavy atom. The molecule has 0 spiro atoms. The van der Waals surface area contributed by atoms with Crippen molar-refractivity contribution in [2.45, 2.75) is 31.9 Å². The van der Waals surface area contributed by atoms with Gasteiger partial charge in [0.2, 0.25) is 0 Å².